The highest BCUT2D eigenvalue weighted by atomic mass is 16.6. The summed E-state index contributed by atoms with van der Waals surface area (Å²) in [6, 6.07) is 20.6. The molecule has 10 heteroatoms. The van der Waals surface area contributed by atoms with Gasteiger partial charge in [0.05, 0.1) is 12.6 Å². The fourth-order valence-corrected chi connectivity index (χ4v) is 5.66. The molecule has 1 aliphatic rings. The number of aliphatic hydroxyl groups excluding tert-OH is 1. The number of nitrogens with one attached hydrogen (secondary N) is 2. The summed E-state index contributed by atoms with van der Waals surface area (Å²) in [5.74, 6) is -2.04. The average Bonchev–Trinajstić information content (AvgIpc) is 3.35. The normalized spacial score (nSPS) is 14.9. The zero-order chi connectivity index (χ0) is 33.6. The van der Waals surface area contributed by atoms with Gasteiger partial charge in [0.25, 0.3) is 0 Å². The fourth-order valence-electron chi connectivity index (χ4n) is 5.66. The molecule has 4 atom stereocenters. The topological polar surface area (TPSA) is 134 Å². The third-order valence-corrected chi connectivity index (χ3v) is 7.91. The summed E-state index contributed by atoms with van der Waals surface area (Å²) >= 11 is 0. The molecule has 3 amide bonds. The molecule has 0 aliphatic heterocycles. The second-order valence-corrected chi connectivity index (χ2v) is 12.5. The van der Waals surface area contributed by atoms with Gasteiger partial charge < -0.3 is 30.1 Å². The molecule has 0 spiro atoms. The number of rotatable bonds is 11. The van der Waals surface area contributed by atoms with Crippen molar-refractivity contribution in [2.45, 2.75) is 77.2 Å². The van der Waals surface area contributed by atoms with Crippen molar-refractivity contribution in [2.75, 3.05) is 13.2 Å². The first-order valence-electron chi connectivity index (χ1n) is 15.4. The number of nitrogens with zero attached hydrogens (tertiary/aromatic N) is 1. The Morgan fingerprint density at radius 3 is 1.89 bits per heavy atom. The van der Waals surface area contributed by atoms with E-state index in [1.807, 2.05) is 48.5 Å². The van der Waals surface area contributed by atoms with Crippen molar-refractivity contribution in [1.82, 2.24) is 15.5 Å². The van der Waals surface area contributed by atoms with Crippen molar-refractivity contribution >= 4 is 23.9 Å². The lowest BCUT2D eigenvalue weighted by Gasteiger charge is -2.37. The van der Waals surface area contributed by atoms with Gasteiger partial charge in [0.1, 0.15) is 30.3 Å². The van der Waals surface area contributed by atoms with Gasteiger partial charge in [0.15, 0.2) is 0 Å². The Morgan fingerprint density at radius 2 is 1.35 bits per heavy atom. The monoisotopic (exact) mass is 629 g/mol. The van der Waals surface area contributed by atoms with E-state index < -0.39 is 60.3 Å². The van der Waals surface area contributed by atoms with Crippen LogP contribution in [-0.4, -0.2) is 70.8 Å². The minimum atomic E-state index is -1.14. The molecule has 1 aliphatic carbocycles. The maximum absolute atomic E-state index is 14.0. The van der Waals surface area contributed by atoms with E-state index in [9.17, 15) is 24.3 Å². The molecule has 0 radical (unpaired) electrons. The van der Waals surface area contributed by atoms with Crippen molar-refractivity contribution in [2.24, 2.45) is 0 Å². The highest BCUT2D eigenvalue weighted by Gasteiger charge is 2.37. The van der Waals surface area contributed by atoms with Crippen molar-refractivity contribution in [3.05, 3.63) is 95.6 Å². The Hall–Kier alpha value is -4.70. The van der Waals surface area contributed by atoms with Crippen LogP contribution in [0.1, 0.15) is 70.2 Å². The molecule has 3 N–H and O–H groups in total. The van der Waals surface area contributed by atoms with E-state index in [0.717, 1.165) is 22.3 Å². The molecule has 0 saturated heterocycles. The number of carbonyl (C=O) groups is 4. The van der Waals surface area contributed by atoms with Crippen LogP contribution < -0.4 is 10.6 Å². The lowest BCUT2D eigenvalue weighted by Crippen LogP contribution is -2.57. The number of esters is 1. The van der Waals surface area contributed by atoms with E-state index >= 15 is 0 Å². The number of aliphatic hydroxyl groups is 1. The van der Waals surface area contributed by atoms with Crippen molar-refractivity contribution < 1.29 is 33.8 Å². The fraction of sp³-hybridized carbons (Fsp3) is 0.389. The maximum Gasteiger partial charge on any atom is 0.407 e. The first kappa shape index (κ1) is 34.2. The molecule has 4 rings (SSSR count). The standard InChI is InChI=1S/C36H43N3O7/c1-22(38-35(44)45-21-30-28-18-12-10-16-26(28)27-17-11-13-19-29(27)30)33(42)39(31(20-40)25-14-8-7-9-15-25)24(3)32(41)37-23(2)34(43)46-36(4,5)6/h7-19,22-24,30-31,40H,20-21H2,1-6H3,(H,37,41)(H,38,44)/t22-,23?,24?,31+/m0/s1. The van der Waals surface area contributed by atoms with Gasteiger partial charge in [-0.2, -0.15) is 0 Å². The lowest BCUT2D eigenvalue weighted by atomic mass is 9.98. The zero-order valence-corrected chi connectivity index (χ0v) is 27.2. The van der Waals surface area contributed by atoms with Crippen LogP contribution in [0.3, 0.4) is 0 Å². The molecule has 2 unspecified atom stereocenters. The molecule has 0 aromatic heterocycles. The minimum absolute atomic E-state index is 0.0646. The van der Waals surface area contributed by atoms with Gasteiger partial charge in [-0.1, -0.05) is 78.9 Å². The Morgan fingerprint density at radius 1 is 0.804 bits per heavy atom. The number of fused-ring (bicyclic) bond motifs is 3. The largest absolute Gasteiger partial charge is 0.458 e. The van der Waals surface area contributed by atoms with E-state index in [-0.39, 0.29) is 12.5 Å². The first-order valence-corrected chi connectivity index (χ1v) is 15.4. The predicted molar refractivity (Wildman–Crippen MR) is 174 cm³/mol. The van der Waals surface area contributed by atoms with Crippen molar-refractivity contribution in [1.29, 1.82) is 0 Å². The molecule has 10 nitrogen and oxygen atoms in total. The van der Waals surface area contributed by atoms with Gasteiger partial charge in [-0.05, 0) is 69.4 Å². The van der Waals surface area contributed by atoms with Gasteiger partial charge in [0, 0.05) is 5.92 Å². The summed E-state index contributed by atoms with van der Waals surface area (Å²) in [5, 5.41) is 15.7. The van der Waals surface area contributed by atoms with Crippen LogP contribution in [0.2, 0.25) is 0 Å². The van der Waals surface area contributed by atoms with Crippen LogP contribution >= 0.6 is 0 Å². The Balaban J connectivity index is 1.48. The van der Waals surface area contributed by atoms with Crippen LogP contribution in [-0.2, 0) is 23.9 Å². The minimum Gasteiger partial charge on any atom is -0.458 e. The summed E-state index contributed by atoms with van der Waals surface area (Å²) in [4.78, 5) is 54.2. The number of hydrogen-bond acceptors (Lipinski definition) is 7. The smallest absolute Gasteiger partial charge is 0.407 e. The third-order valence-electron chi connectivity index (χ3n) is 7.91. The van der Waals surface area contributed by atoms with Crippen molar-refractivity contribution in [3.8, 4) is 11.1 Å². The molecule has 3 aromatic carbocycles. The highest BCUT2D eigenvalue weighted by molar-refractivity contribution is 5.93. The van der Waals surface area contributed by atoms with E-state index in [2.05, 4.69) is 10.6 Å². The third kappa shape index (κ3) is 7.92. The lowest BCUT2D eigenvalue weighted by molar-refractivity contribution is -0.158. The van der Waals surface area contributed by atoms with Gasteiger partial charge in [0.2, 0.25) is 11.8 Å². The zero-order valence-electron chi connectivity index (χ0n) is 27.2. The summed E-state index contributed by atoms with van der Waals surface area (Å²) in [6.45, 7) is 9.22. The number of hydrogen-bond donors (Lipinski definition) is 3. The van der Waals surface area contributed by atoms with Gasteiger partial charge >= 0.3 is 12.1 Å². The number of amides is 3. The van der Waals surface area contributed by atoms with Gasteiger partial charge in [-0.3, -0.25) is 9.59 Å². The number of alkyl carbamates (subject to hydrolysis) is 1. The molecule has 3 aromatic rings. The van der Waals surface area contributed by atoms with Gasteiger partial charge in [-0.25, -0.2) is 9.59 Å². The Bertz CT molecular complexity index is 1510. The summed E-state index contributed by atoms with van der Waals surface area (Å²) in [5.41, 5.74) is 4.14. The second kappa shape index (κ2) is 14.6. The van der Waals surface area contributed by atoms with Gasteiger partial charge in [-0.15, -0.1) is 0 Å². The van der Waals surface area contributed by atoms with Crippen LogP contribution in [0.5, 0.6) is 0 Å². The predicted octanol–water partition coefficient (Wildman–Crippen LogP) is 4.71. The molecule has 46 heavy (non-hydrogen) atoms. The molecule has 244 valence electrons. The second-order valence-electron chi connectivity index (χ2n) is 12.5. The van der Waals surface area contributed by atoms with Crippen LogP contribution in [0.4, 0.5) is 4.79 Å². The van der Waals surface area contributed by atoms with E-state index in [1.54, 1.807) is 51.1 Å². The first-order chi connectivity index (χ1) is 21.8. The SMILES string of the molecule is CC(NC(=O)C(C)N(C(=O)[C@H](C)NC(=O)OCC1c2ccccc2-c2ccccc21)[C@H](CO)c1ccccc1)C(=O)OC(C)(C)C. The van der Waals surface area contributed by atoms with E-state index in [1.165, 1.54) is 25.7 Å². The quantitative estimate of drug-likeness (QED) is 0.262. The number of ether oxygens (including phenoxy) is 2. The summed E-state index contributed by atoms with van der Waals surface area (Å²) < 4.78 is 11.0. The van der Waals surface area contributed by atoms with Crippen LogP contribution in [0.25, 0.3) is 11.1 Å². The van der Waals surface area contributed by atoms with Crippen LogP contribution in [0.15, 0.2) is 78.9 Å². The summed E-state index contributed by atoms with van der Waals surface area (Å²) in [7, 11) is 0. The van der Waals surface area contributed by atoms with Crippen LogP contribution in [0, 0.1) is 0 Å². The highest BCUT2D eigenvalue weighted by Crippen LogP contribution is 2.44. The molecule has 0 bridgehead atoms. The molecular formula is C36H43N3O7. The summed E-state index contributed by atoms with van der Waals surface area (Å²) in [6.07, 6.45) is -0.793. The van der Waals surface area contributed by atoms with E-state index in [4.69, 9.17) is 9.47 Å². The average molecular weight is 630 g/mol. The number of benzene rings is 3. The Kier molecular flexibility index (Phi) is 10.8. The molecular weight excluding hydrogens is 586 g/mol. The Labute approximate surface area is 270 Å². The molecule has 0 fully saturated rings. The van der Waals surface area contributed by atoms with E-state index in [0.29, 0.717) is 5.56 Å². The van der Waals surface area contributed by atoms with Crippen molar-refractivity contribution in [3.63, 3.8) is 0 Å². The molecule has 0 heterocycles. The molecule has 0 saturated carbocycles. The number of carbonyl (C=O) groups excluding carboxylic acids is 4. The maximum atomic E-state index is 14.0.